The lowest BCUT2D eigenvalue weighted by atomic mass is 10.1. The zero-order valence-electron chi connectivity index (χ0n) is 13.8. The Labute approximate surface area is 135 Å². The Hall–Kier alpha value is -2.38. The summed E-state index contributed by atoms with van der Waals surface area (Å²) in [6, 6.07) is 1.26. The standard InChI is InChI=1S/C15H23N5O3/c1-11-4-6-17-20(11)7-5-14(22)18-8-9-19(12(2)21)13(10-18)15(23)16-3/h4,6,13H,5,7-10H2,1-3H3,(H,16,23)/t13-/m1/s1. The predicted octanol–water partition coefficient (Wildman–Crippen LogP) is -0.613. The van der Waals surface area contributed by atoms with Crippen LogP contribution in [0.5, 0.6) is 0 Å². The van der Waals surface area contributed by atoms with Crippen molar-refractivity contribution >= 4 is 17.7 Å². The summed E-state index contributed by atoms with van der Waals surface area (Å²) in [4.78, 5) is 39.2. The molecule has 0 aliphatic carbocycles. The molecule has 1 N–H and O–H groups in total. The van der Waals surface area contributed by atoms with E-state index in [1.165, 1.54) is 18.9 Å². The predicted molar refractivity (Wildman–Crippen MR) is 83.4 cm³/mol. The van der Waals surface area contributed by atoms with Crippen LogP contribution in [0.4, 0.5) is 0 Å². The van der Waals surface area contributed by atoms with Crippen LogP contribution in [0.1, 0.15) is 19.0 Å². The number of nitrogens with zero attached hydrogens (tertiary/aromatic N) is 4. The molecule has 0 radical (unpaired) electrons. The van der Waals surface area contributed by atoms with Crippen molar-refractivity contribution in [1.29, 1.82) is 0 Å². The van der Waals surface area contributed by atoms with Crippen LogP contribution in [0.3, 0.4) is 0 Å². The Morgan fingerprint density at radius 1 is 1.35 bits per heavy atom. The molecule has 0 bridgehead atoms. The Morgan fingerprint density at radius 2 is 2.09 bits per heavy atom. The Bertz CT molecular complexity index is 598. The summed E-state index contributed by atoms with van der Waals surface area (Å²) in [5.74, 6) is -0.435. The summed E-state index contributed by atoms with van der Waals surface area (Å²) >= 11 is 0. The fourth-order valence-corrected chi connectivity index (χ4v) is 2.77. The van der Waals surface area contributed by atoms with Gasteiger partial charge in [0.15, 0.2) is 0 Å². The van der Waals surface area contributed by atoms with Crippen molar-refractivity contribution < 1.29 is 14.4 Å². The number of hydrogen-bond donors (Lipinski definition) is 1. The van der Waals surface area contributed by atoms with Gasteiger partial charge < -0.3 is 15.1 Å². The monoisotopic (exact) mass is 321 g/mol. The van der Waals surface area contributed by atoms with Crippen molar-refractivity contribution in [2.75, 3.05) is 26.7 Å². The lowest BCUT2D eigenvalue weighted by Crippen LogP contribution is -2.60. The van der Waals surface area contributed by atoms with Gasteiger partial charge in [-0.1, -0.05) is 0 Å². The molecule has 0 saturated carbocycles. The van der Waals surface area contributed by atoms with Gasteiger partial charge in [0.05, 0.1) is 6.54 Å². The van der Waals surface area contributed by atoms with Crippen LogP contribution < -0.4 is 5.32 Å². The number of aryl methyl sites for hydroxylation is 2. The third kappa shape index (κ3) is 3.88. The molecule has 1 aliphatic rings. The quantitative estimate of drug-likeness (QED) is 0.801. The molecule has 1 fully saturated rings. The van der Waals surface area contributed by atoms with E-state index in [0.29, 0.717) is 26.1 Å². The maximum Gasteiger partial charge on any atom is 0.244 e. The number of carbonyl (C=O) groups excluding carboxylic acids is 3. The second-order valence-corrected chi connectivity index (χ2v) is 5.63. The van der Waals surface area contributed by atoms with Gasteiger partial charge in [-0.25, -0.2) is 0 Å². The first-order valence-corrected chi connectivity index (χ1v) is 7.69. The fraction of sp³-hybridized carbons (Fsp3) is 0.600. The molecular weight excluding hydrogens is 298 g/mol. The van der Waals surface area contributed by atoms with E-state index in [0.717, 1.165) is 5.69 Å². The molecule has 8 heteroatoms. The van der Waals surface area contributed by atoms with Crippen LogP contribution in [0.15, 0.2) is 12.3 Å². The molecule has 0 unspecified atom stereocenters. The molecule has 2 rings (SSSR count). The summed E-state index contributed by atoms with van der Waals surface area (Å²) in [5.41, 5.74) is 1.00. The first-order valence-electron chi connectivity index (χ1n) is 7.69. The minimum Gasteiger partial charge on any atom is -0.357 e. The molecule has 1 aromatic rings. The number of carbonyl (C=O) groups is 3. The normalized spacial score (nSPS) is 18.0. The second kappa shape index (κ2) is 7.26. The first kappa shape index (κ1) is 17.0. The molecule has 1 saturated heterocycles. The van der Waals surface area contributed by atoms with E-state index in [1.807, 2.05) is 13.0 Å². The molecule has 3 amide bonds. The lowest BCUT2D eigenvalue weighted by molar-refractivity contribution is -0.147. The highest BCUT2D eigenvalue weighted by Gasteiger charge is 2.34. The molecule has 23 heavy (non-hydrogen) atoms. The summed E-state index contributed by atoms with van der Waals surface area (Å²) in [5, 5.41) is 6.71. The van der Waals surface area contributed by atoms with Gasteiger partial charge in [0.2, 0.25) is 17.7 Å². The number of piperazine rings is 1. The van der Waals surface area contributed by atoms with Gasteiger partial charge in [-0.2, -0.15) is 5.10 Å². The molecule has 1 atom stereocenters. The van der Waals surface area contributed by atoms with Crippen molar-refractivity contribution in [3.05, 3.63) is 18.0 Å². The van der Waals surface area contributed by atoms with Crippen molar-refractivity contribution in [3.63, 3.8) is 0 Å². The SMILES string of the molecule is CNC(=O)[C@H]1CN(C(=O)CCn2nccc2C)CCN1C(C)=O. The van der Waals surface area contributed by atoms with Crippen LogP contribution >= 0.6 is 0 Å². The largest absolute Gasteiger partial charge is 0.357 e. The van der Waals surface area contributed by atoms with E-state index in [9.17, 15) is 14.4 Å². The summed E-state index contributed by atoms with van der Waals surface area (Å²) in [6.45, 7) is 4.94. The van der Waals surface area contributed by atoms with E-state index in [4.69, 9.17) is 0 Å². The second-order valence-electron chi connectivity index (χ2n) is 5.63. The molecule has 126 valence electrons. The third-order valence-electron chi connectivity index (χ3n) is 4.15. The molecule has 0 spiro atoms. The van der Waals surface area contributed by atoms with Crippen molar-refractivity contribution in [2.45, 2.75) is 32.9 Å². The number of aromatic nitrogens is 2. The highest BCUT2D eigenvalue weighted by atomic mass is 16.2. The van der Waals surface area contributed by atoms with E-state index in [2.05, 4.69) is 10.4 Å². The Morgan fingerprint density at radius 3 is 2.65 bits per heavy atom. The van der Waals surface area contributed by atoms with Crippen LogP contribution in [0.25, 0.3) is 0 Å². The van der Waals surface area contributed by atoms with Crippen LogP contribution in [-0.4, -0.2) is 70.0 Å². The van der Waals surface area contributed by atoms with E-state index in [-0.39, 0.29) is 24.3 Å². The molecule has 0 aromatic carbocycles. The highest BCUT2D eigenvalue weighted by molar-refractivity contribution is 5.88. The highest BCUT2D eigenvalue weighted by Crippen LogP contribution is 2.12. The van der Waals surface area contributed by atoms with Crippen LogP contribution in [-0.2, 0) is 20.9 Å². The topological polar surface area (TPSA) is 87.5 Å². The minimum absolute atomic E-state index is 0.0306. The summed E-state index contributed by atoms with van der Waals surface area (Å²) in [6.07, 6.45) is 2.02. The third-order valence-corrected chi connectivity index (χ3v) is 4.15. The van der Waals surface area contributed by atoms with Gasteiger partial charge in [-0.3, -0.25) is 19.1 Å². The number of likely N-dealkylation sites (N-methyl/N-ethyl adjacent to an activating group) is 1. The van der Waals surface area contributed by atoms with Crippen molar-refractivity contribution in [2.24, 2.45) is 0 Å². The van der Waals surface area contributed by atoms with Crippen LogP contribution in [0, 0.1) is 6.92 Å². The zero-order valence-corrected chi connectivity index (χ0v) is 13.8. The first-order chi connectivity index (χ1) is 10.9. The molecule has 1 aromatic heterocycles. The van der Waals surface area contributed by atoms with Gasteiger partial charge in [0, 0.05) is 51.9 Å². The van der Waals surface area contributed by atoms with E-state index < -0.39 is 6.04 Å². The molecule has 2 heterocycles. The fourth-order valence-electron chi connectivity index (χ4n) is 2.77. The Balaban J connectivity index is 1.97. The van der Waals surface area contributed by atoms with Gasteiger partial charge in [-0.05, 0) is 13.0 Å². The molecule has 8 nitrogen and oxygen atoms in total. The summed E-state index contributed by atoms with van der Waals surface area (Å²) < 4.78 is 1.78. The van der Waals surface area contributed by atoms with Crippen molar-refractivity contribution in [3.8, 4) is 0 Å². The minimum atomic E-state index is -0.623. The smallest absolute Gasteiger partial charge is 0.244 e. The maximum atomic E-state index is 12.4. The number of hydrogen-bond acceptors (Lipinski definition) is 4. The molecular formula is C15H23N5O3. The van der Waals surface area contributed by atoms with Gasteiger partial charge in [0.1, 0.15) is 6.04 Å². The average molecular weight is 321 g/mol. The number of amides is 3. The van der Waals surface area contributed by atoms with Gasteiger partial charge >= 0.3 is 0 Å². The van der Waals surface area contributed by atoms with Gasteiger partial charge in [-0.15, -0.1) is 0 Å². The molecule has 1 aliphatic heterocycles. The van der Waals surface area contributed by atoms with E-state index in [1.54, 1.807) is 15.8 Å². The summed E-state index contributed by atoms with van der Waals surface area (Å²) in [7, 11) is 1.53. The van der Waals surface area contributed by atoms with E-state index >= 15 is 0 Å². The number of rotatable bonds is 4. The number of nitrogens with one attached hydrogen (secondary N) is 1. The average Bonchev–Trinajstić information content (AvgIpc) is 2.96. The lowest BCUT2D eigenvalue weighted by Gasteiger charge is -2.40. The van der Waals surface area contributed by atoms with Crippen LogP contribution in [0.2, 0.25) is 0 Å². The zero-order chi connectivity index (χ0) is 17.0. The maximum absolute atomic E-state index is 12.4. The Kier molecular flexibility index (Phi) is 5.36. The van der Waals surface area contributed by atoms with Gasteiger partial charge in [0.25, 0.3) is 0 Å². The van der Waals surface area contributed by atoms with Crippen molar-refractivity contribution in [1.82, 2.24) is 24.9 Å².